The van der Waals surface area contributed by atoms with Crippen LogP contribution in [0.1, 0.15) is 0 Å². The Morgan fingerprint density at radius 2 is 1.09 bits per heavy atom. The first-order chi connectivity index (χ1) is 10.9. The number of rotatable bonds is 2. The maximum atomic E-state index is 6.06. The molecule has 0 unspecified atom stereocenters. The van der Waals surface area contributed by atoms with Gasteiger partial charge in [0.25, 0.3) is 0 Å². The molecular formula is C15H5Cl6NS. The van der Waals surface area contributed by atoms with E-state index >= 15 is 0 Å². The SMILES string of the molecule is Clc1cc(-c2csc(-c3cc(Cl)c(Cl)c(Cl)c3)n2)cc(Cl)c1Cl. The highest BCUT2D eigenvalue weighted by molar-refractivity contribution is 7.13. The van der Waals surface area contributed by atoms with Crippen molar-refractivity contribution in [2.45, 2.75) is 0 Å². The summed E-state index contributed by atoms with van der Waals surface area (Å²) in [5.41, 5.74) is 2.29. The van der Waals surface area contributed by atoms with Crippen molar-refractivity contribution in [2.24, 2.45) is 0 Å². The van der Waals surface area contributed by atoms with Crippen molar-refractivity contribution in [3.63, 3.8) is 0 Å². The fourth-order valence-corrected chi connectivity index (χ4v) is 3.93. The molecule has 0 aliphatic rings. The molecule has 0 aliphatic heterocycles. The zero-order chi connectivity index (χ0) is 16.7. The number of thiazole rings is 1. The lowest BCUT2D eigenvalue weighted by atomic mass is 10.2. The van der Waals surface area contributed by atoms with Crippen molar-refractivity contribution in [1.82, 2.24) is 4.98 Å². The van der Waals surface area contributed by atoms with Crippen molar-refractivity contribution >= 4 is 80.9 Å². The van der Waals surface area contributed by atoms with E-state index in [0.29, 0.717) is 30.1 Å². The van der Waals surface area contributed by atoms with Crippen LogP contribution >= 0.6 is 80.9 Å². The van der Waals surface area contributed by atoms with Crippen molar-refractivity contribution in [3.8, 4) is 21.8 Å². The fourth-order valence-electron chi connectivity index (χ4n) is 1.92. The van der Waals surface area contributed by atoms with E-state index in [1.807, 2.05) is 5.38 Å². The summed E-state index contributed by atoms with van der Waals surface area (Å²) in [5, 5.41) is 4.80. The first-order valence-electron chi connectivity index (χ1n) is 6.12. The second-order valence-corrected chi connectivity index (χ2v) is 7.79. The average molecular weight is 444 g/mol. The largest absolute Gasteiger partial charge is 0.236 e. The fraction of sp³-hybridized carbons (Fsp3) is 0. The van der Waals surface area contributed by atoms with E-state index in [4.69, 9.17) is 69.6 Å². The molecule has 0 saturated carbocycles. The van der Waals surface area contributed by atoms with Crippen molar-refractivity contribution < 1.29 is 0 Å². The smallest absolute Gasteiger partial charge is 0.124 e. The third-order valence-electron chi connectivity index (χ3n) is 3.01. The van der Waals surface area contributed by atoms with Crippen LogP contribution < -0.4 is 0 Å². The van der Waals surface area contributed by atoms with Gasteiger partial charge in [0.1, 0.15) is 5.01 Å². The van der Waals surface area contributed by atoms with Gasteiger partial charge in [-0.1, -0.05) is 69.6 Å². The van der Waals surface area contributed by atoms with Gasteiger partial charge in [0.2, 0.25) is 0 Å². The number of hydrogen-bond acceptors (Lipinski definition) is 2. The summed E-state index contributed by atoms with van der Waals surface area (Å²) in [6.45, 7) is 0. The van der Waals surface area contributed by atoms with E-state index < -0.39 is 0 Å². The topological polar surface area (TPSA) is 12.9 Å². The predicted molar refractivity (Wildman–Crippen MR) is 103 cm³/mol. The molecule has 0 amide bonds. The molecule has 0 atom stereocenters. The summed E-state index contributed by atoms with van der Waals surface area (Å²) in [4.78, 5) is 4.57. The molecule has 23 heavy (non-hydrogen) atoms. The highest BCUT2D eigenvalue weighted by atomic mass is 35.5. The van der Waals surface area contributed by atoms with Crippen LogP contribution in [0.3, 0.4) is 0 Å². The zero-order valence-corrected chi connectivity index (χ0v) is 16.4. The molecule has 1 aromatic heterocycles. The standard InChI is InChI=1S/C15H5Cl6NS/c16-8-1-6(2-9(17)13(8)20)12-5-23-15(22-12)7-3-10(18)14(21)11(19)4-7/h1-5H. The first-order valence-corrected chi connectivity index (χ1v) is 9.27. The van der Waals surface area contributed by atoms with Gasteiger partial charge in [-0.25, -0.2) is 4.98 Å². The van der Waals surface area contributed by atoms with Crippen LogP contribution in [0.4, 0.5) is 0 Å². The van der Waals surface area contributed by atoms with Crippen molar-refractivity contribution in [2.75, 3.05) is 0 Å². The molecule has 8 heteroatoms. The minimum atomic E-state index is 0.323. The Labute approximate surface area is 166 Å². The average Bonchev–Trinajstić information content (AvgIpc) is 2.99. The van der Waals surface area contributed by atoms with Gasteiger partial charge in [0.05, 0.1) is 35.8 Å². The second-order valence-electron chi connectivity index (χ2n) is 4.55. The molecule has 0 aliphatic carbocycles. The molecule has 0 radical (unpaired) electrons. The van der Waals surface area contributed by atoms with E-state index in [-0.39, 0.29) is 0 Å². The van der Waals surface area contributed by atoms with E-state index in [9.17, 15) is 0 Å². The lowest BCUT2D eigenvalue weighted by molar-refractivity contribution is 1.40. The zero-order valence-electron chi connectivity index (χ0n) is 11.0. The molecule has 0 spiro atoms. The van der Waals surface area contributed by atoms with Gasteiger partial charge >= 0.3 is 0 Å². The van der Waals surface area contributed by atoms with Gasteiger partial charge in [-0.2, -0.15) is 0 Å². The van der Waals surface area contributed by atoms with Gasteiger partial charge in [-0.3, -0.25) is 0 Å². The Kier molecular flexibility index (Phi) is 5.34. The quantitative estimate of drug-likeness (QED) is 0.362. The summed E-state index contributed by atoms with van der Waals surface area (Å²) in [5.74, 6) is 0. The Balaban J connectivity index is 2.04. The molecule has 3 aromatic rings. The third-order valence-corrected chi connectivity index (χ3v) is 6.30. The maximum Gasteiger partial charge on any atom is 0.124 e. The minimum absolute atomic E-state index is 0.323. The Morgan fingerprint density at radius 3 is 1.57 bits per heavy atom. The molecule has 3 rings (SSSR count). The molecule has 0 bridgehead atoms. The number of hydrogen-bond donors (Lipinski definition) is 0. The van der Waals surface area contributed by atoms with Crippen LogP contribution in [0, 0.1) is 0 Å². The third kappa shape index (κ3) is 3.59. The van der Waals surface area contributed by atoms with Crippen LogP contribution in [0.2, 0.25) is 30.1 Å². The van der Waals surface area contributed by atoms with E-state index in [1.165, 1.54) is 11.3 Å². The molecule has 118 valence electrons. The van der Waals surface area contributed by atoms with E-state index in [0.717, 1.165) is 21.8 Å². The normalized spacial score (nSPS) is 11.0. The highest BCUT2D eigenvalue weighted by Gasteiger charge is 2.13. The number of halogens is 6. The van der Waals surface area contributed by atoms with E-state index in [2.05, 4.69) is 4.98 Å². The van der Waals surface area contributed by atoms with Crippen LogP contribution in [0.5, 0.6) is 0 Å². The molecule has 0 saturated heterocycles. The second kappa shape index (κ2) is 6.97. The summed E-state index contributed by atoms with van der Waals surface area (Å²) >= 11 is 37.6. The van der Waals surface area contributed by atoms with Crippen molar-refractivity contribution in [1.29, 1.82) is 0 Å². The van der Waals surface area contributed by atoms with Gasteiger partial charge in [0.15, 0.2) is 0 Å². The number of benzene rings is 2. The molecule has 1 heterocycles. The lowest BCUT2D eigenvalue weighted by Crippen LogP contribution is -1.83. The lowest BCUT2D eigenvalue weighted by Gasteiger charge is -2.04. The summed E-state index contributed by atoms with van der Waals surface area (Å²) in [6, 6.07) is 6.88. The van der Waals surface area contributed by atoms with Gasteiger partial charge in [-0.15, -0.1) is 11.3 Å². The summed E-state index contributed by atoms with van der Waals surface area (Å²) in [6.07, 6.45) is 0. The highest BCUT2D eigenvalue weighted by Crippen LogP contribution is 2.39. The Morgan fingerprint density at radius 1 is 0.652 bits per heavy atom. The molecule has 0 fully saturated rings. The monoisotopic (exact) mass is 441 g/mol. The molecule has 0 N–H and O–H groups in total. The summed E-state index contributed by atoms with van der Waals surface area (Å²) < 4.78 is 0. The van der Waals surface area contributed by atoms with Crippen LogP contribution in [-0.4, -0.2) is 4.98 Å². The van der Waals surface area contributed by atoms with E-state index in [1.54, 1.807) is 24.3 Å². The molecule has 1 nitrogen and oxygen atoms in total. The Bertz CT molecular complexity index is 787. The maximum absolute atomic E-state index is 6.06. The van der Waals surface area contributed by atoms with Crippen LogP contribution in [-0.2, 0) is 0 Å². The van der Waals surface area contributed by atoms with Crippen LogP contribution in [0.15, 0.2) is 29.6 Å². The first kappa shape index (κ1) is 17.6. The molecule has 2 aromatic carbocycles. The Hall–Kier alpha value is -0.190. The summed E-state index contributed by atoms with van der Waals surface area (Å²) in [7, 11) is 0. The van der Waals surface area contributed by atoms with Gasteiger partial charge < -0.3 is 0 Å². The van der Waals surface area contributed by atoms with Gasteiger partial charge in [-0.05, 0) is 24.3 Å². The molecular weight excluding hydrogens is 439 g/mol. The predicted octanol–water partition coefficient (Wildman–Crippen LogP) is 8.40. The minimum Gasteiger partial charge on any atom is -0.236 e. The van der Waals surface area contributed by atoms with Gasteiger partial charge in [0, 0.05) is 16.5 Å². The number of aromatic nitrogens is 1. The number of nitrogens with zero attached hydrogens (tertiary/aromatic N) is 1. The van der Waals surface area contributed by atoms with Crippen LogP contribution in [0.25, 0.3) is 21.8 Å². The van der Waals surface area contributed by atoms with Crippen molar-refractivity contribution in [3.05, 3.63) is 59.8 Å².